The second-order valence-electron chi connectivity index (χ2n) is 3.46. The molecule has 0 aromatic heterocycles. The zero-order valence-corrected chi connectivity index (χ0v) is 29.2. The Hall–Kier alpha value is -0.132. The van der Waals surface area contributed by atoms with E-state index in [0.29, 0.717) is 0 Å². The van der Waals surface area contributed by atoms with Gasteiger partial charge in [0.05, 0.1) is 0 Å². The van der Waals surface area contributed by atoms with Crippen LogP contribution in [0.25, 0.3) is 0 Å². The van der Waals surface area contributed by atoms with Crippen LogP contribution in [-0.2, 0) is 65.4 Å². The number of rotatable bonds is 0. The average molecular weight is 593 g/mol. The third-order valence-corrected chi connectivity index (χ3v) is 2.00. The molecule has 2 radical (unpaired) electrons. The summed E-state index contributed by atoms with van der Waals surface area (Å²) >= 11 is 0. The van der Waals surface area contributed by atoms with E-state index in [1.165, 1.54) is 0 Å². The molecule has 0 saturated carbocycles. The maximum atomic E-state index is 2.00. The summed E-state index contributed by atoms with van der Waals surface area (Å²) in [5, 5.41) is 0. The molecule has 0 aliphatic heterocycles. The molecule has 0 amide bonds. The van der Waals surface area contributed by atoms with Crippen molar-refractivity contribution in [3.8, 4) is 0 Å². The molecule has 184 valence electrons. The van der Waals surface area contributed by atoms with Crippen LogP contribution in [0.2, 0.25) is 0 Å². The van der Waals surface area contributed by atoms with E-state index in [1.807, 2.05) is 165 Å². The fourth-order valence-electron chi connectivity index (χ4n) is 1.15. The Kier molecular flexibility index (Phi) is 171. The van der Waals surface area contributed by atoms with Crippen LogP contribution in [-0.4, -0.2) is 0 Å². The van der Waals surface area contributed by atoms with E-state index in [9.17, 15) is 0 Å². The summed E-state index contributed by atoms with van der Waals surface area (Å²) in [6, 6.07) is 36.0. The second-order valence-corrected chi connectivity index (χ2v) is 3.46. The predicted octanol–water partition coefficient (Wildman–Crippen LogP) is 11.0. The summed E-state index contributed by atoms with van der Waals surface area (Å²) < 4.78 is 0. The molecule has 0 N–H and O–H groups in total. The quantitative estimate of drug-likeness (QED) is 0.228. The minimum Gasteiger partial charge on any atom is -0.358 e. The third-order valence-electron chi connectivity index (χ3n) is 2.00. The Bertz CT molecular complexity index is 302. The zero-order chi connectivity index (χ0) is 20.7. The average Bonchev–Trinajstić information content (AvgIpc) is 2.83. The summed E-state index contributed by atoms with van der Waals surface area (Å²) in [4.78, 5) is 0. The molecule has 0 bridgehead atoms. The zero-order valence-electron chi connectivity index (χ0n) is 23.5. The first-order chi connectivity index (χ1) is 13.0. The molecule has 0 atom stereocenters. The van der Waals surface area contributed by atoms with Crippen molar-refractivity contribution in [2.24, 2.45) is 0 Å². The van der Waals surface area contributed by atoms with Crippen molar-refractivity contribution < 1.29 is 65.4 Å². The van der Waals surface area contributed by atoms with Gasteiger partial charge in [0.2, 0.25) is 0 Å². The summed E-state index contributed by atoms with van der Waals surface area (Å²) in [6.07, 6.45) is 0. The van der Waals surface area contributed by atoms with Crippen molar-refractivity contribution in [2.75, 3.05) is 0 Å². The number of benzene rings is 3. The van der Waals surface area contributed by atoms with Gasteiger partial charge in [-0.15, -0.1) is 0 Å². The fourth-order valence-corrected chi connectivity index (χ4v) is 1.15. The van der Waals surface area contributed by atoms with Crippen LogP contribution in [0.3, 0.4) is 0 Å². The monoisotopic (exact) mass is 592 g/mol. The molecule has 0 aliphatic rings. The first-order valence-electron chi connectivity index (χ1n) is 10.0. The van der Waals surface area contributed by atoms with E-state index >= 15 is 0 Å². The topological polar surface area (TPSA) is 0 Å². The Morgan fingerprint density at radius 3 is 0.250 bits per heavy atom. The Morgan fingerprint density at radius 2 is 0.219 bits per heavy atom. The van der Waals surface area contributed by atoms with Gasteiger partial charge in [0.25, 0.3) is 0 Å². The van der Waals surface area contributed by atoms with Gasteiger partial charge >= 0.3 is 0 Å². The van der Waals surface area contributed by atoms with Gasteiger partial charge in [-0.1, -0.05) is 165 Å². The number of hydrogen-bond donors (Lipinski definition) is 0. The molecule has 2 heteroatoms. The van der Waals surface area contributed by atoms with Crippen LogP contribution in [0.1, 0.15) is 55.4 Å². The Labute approximate surface area is 257 Å². The molecular weight excluding hydrogens is 538 g/mol. The van der Waals surface area contributed by atoms with Crippen LogP contribution < -0.4 is 0 Å². The maximum absolute atomic E-state index is 2.00. The standard InChI is InChI=1S/3C6H6.4C2H6.4CH3.2Y/c3*1-2-4-6-5-3-1;4*1-2;;;;;;/h3*1-6H;4*1-2H3;4*1H3;;/q;;;;;;;4*-1;;. The molecule has 0 aliphatic carbocycles. The smallest absolute Gasteiger partial charge is 0 e. The summed E-state index contributed by atoms with van der Waals surface area (Å²) in [5.74, 6) is 0. The Morgan fingerprint density at radius 1 is 0.188 bits per heavy atom. The van der Waals surface area contributed by atoms with Gasteiger partial charge in [0.15, 0.2) is 0 Å². The summed E-state index contributed by atoms with van der Waals surface area (Å²) in [5.41, 5.74) is 0. The normalized spacial score (nSPS) is 5.25. The van der Waals surface area contributed by atoms with Gasteiger partial charge in [-0.25, -0.2) is 0 Å². The molecular formula is C30H54Y2-4. The Balaban J connectivity index is -0.0000000227. The van der Waals surface area contributed by atoms with Crippen molar-refractivity contribution in [3.63, 3.8) is 0 Å². The fraction of sp³-hybridized carbons (Fsp3) is 0.267. The molecule has 0 fully saturated rings. The van der Waals surface area contributed by atoms with E-state index in [4.69, 9.17) is 0 Å². The minimum absolute atomic E-state index is 0. The van der Waals surface area contributed by atoms with Gasteiger partial charge in [0, 0.05) is 65.4 Å². The van der Waals surface area contributed by atoms with Gasteiger partial charge in [-0.05, 0) is 0 Å². The van der Waals surface area contributed by atoms with Crippen molar-refractivity contribution in [1.82, 2.24) is 0 Å². The molecule has 0 unspecified atom stereocenters. The first-order valence-corrected chi connectivity index (χ1v) is 10.0. The van der Waals surface area contributed by atoms with Gasteiger partial charge in [-0.2, -0.15) is 0 Å². The molecule has 0 saturated heterocycles. The molecule has 0 nitrogen and oxygen atoms in total. The van der Waals surface area contributed by atoms with Crippen molar-refractivity contribution in [2.45, 2.75) is 55.4 Å². The predicted molar refractivity (Wildman–Crippen MR) is 150 cm³/mol. The van der Waals surface area contributed by atoms with Crippen molar-refractivity contribution >= 4 is 0 Å². The van der Waals surface area contributed by atoms with E-state index in [2.05, 4.69) is 0 Å². The van der Waals surface area contributed by atoms with E-state index in [-0.39, 0.29) is 95.1 Å². The first kappa shape index (κ1) is 63.5. The molecule has 3 rings (SSSR count). The maximum Gasteiger partial charge on any atom is 0 e. The van der Waals surface area contributed by atoms with Crippen LogP contribution in [0.5, 0.6) is 0 Å². The largest absolute Gasteiger partial charge is 0.358 e. The van der Waals surface area contributed by atoms with Crippen LogP contribution >= 0.6 is 0 Å². The van der Waals surface area contributed by atoms with Crippen LogP contribution in [0.15, 0.2) is 109 Å². The molecule has 0 heterocycles. The number of hydrogen-bond acceptors (Lipinski definition) is 0. The van der Waals surface area contributed by atoms with Crippen LogP contribution in [0, 0.1) is 29.7 Å². The van der Waals surface area contributed by atoms with Crippen molar-refractivity contribution in [3.05, 3.63) is 139 Å². The van der Waals surface area contributed by atoms with E-state index < -0.39 is 0 Å². The molecule has 3 aromatic carbocycles. The minimum atomic E-state index is 0. The van der Waals surface area contributed by atoms with Gasteiger partial charge < -0.3 is 29.7 Å². The molecule has 32 heavy (non-hydrogen) atoms. The third kappa shape index (κ3) is 78.0. The summed E-state index contributed by atoms with van der Waals surface area (Å²) in [6.45, 7) is 16.0. The SMILES string of the molecule is CC.CC.CC.CC.[CH3-].[CH3-].[CH3-].[CH3-].[Y].[Y].c1ccccc1.c1ccccc1.c1ccccc1. The van der Waals surface area contributed by atoms with E-state index in [0.717, 1.165) is 0 Å². The van der Waals surface area contributed by atoms with Gasteiger partial charge in [-0.3, -0.25) is 0 Å². The molecule has 3 aromatic rings. The second kappa shape index (κ2) is 86.3. The molecule has 0 spiro atoms. The van der Waals surface area contributed by atoms with Gasteiger partial charge in [0.1, 0.15) is 0 Å². The van der Waals surface area contributed by atoms with Crippen LogP contribution in [0.4, 0.5) is 0 Å². The van der Waals surface area contributed by atoms with E-state index in [1.54, 1.807) is 0 Å². The summed E-state index contributed by atoms with van der Waals surface area (Å²) in [7, 11) is 0. The van der Waals surface area contributed by atoms with Crippen molar-refractivity contribution in [1.29, 1.82) is 0 Å².